The van der Waals surface area contributed by atoms with Gasteiger partial charge in [0.15, 0.2) is 0 Å². The van der Waals surface area contributed by atoms with Crippen LogP contribution in [0.1, 0.15) is 27.2 Å². The molecule has 1 heterocycles. The van der Waals surface area contributed by atoms with Crippen molar-refractivity contribution in [2.75, 3.05) is 17.2 Å². The van der Waals surface area contributed by atoms with Crippen molar-refractivity contribution >= 4 is 17.4 Å². The predicted octanol–water partition coefficient (Wildman–Crippen LogP) is 4.14. The van der Waals surface area contributed by atoms with Crippen LogP contribution >= 0.6 is 0 Å². The molecule has 2 N–H and O–H groups in total. The van der Waals surface area contributed by atoms with E-state index < -0.39 is 0 Å². The smallest absolute Gasteiger partial charge is 0.275 e. The second-order valence-corrected chi connectivity index (χ2v) is 6.28. The number of hydrogen-bond acceptors (Lipinski definition) is 4. The van der Waals surface area contributed by atoms with Gasteiger partial charge in [0.25, 0.3) is 5.91 Å². The number of hydrogen-bond donors (Lipinski definition) is 2. The van der Waals surface area contributed by atoms with Gasteiger partial charge in [0.1, 0.15) is 17.3 Å². The van der Waals surface area contributed by atoms with Gasteiger partial charge >= 0.3 is 0 Å². The van der Waals surface area contributed by atoms with Gasteiger partial charge in [-0.25, -0.2) is 14.4 Å². The monoisotopic (exact) mass is 364 g/mol. The molecule has 2 aromatic carbocycles. The summed E-state index contributed by atoms with van der Waals surface area (Å²) in [5, 5.41) is 5.96. The summed E-state index contributed by atoms with van der Waals surface area (Å²) in [5.74, 6) is 0.0108. The number of rotatable bonds is 6. The molecule has 0 atom stereocenters. The maximum Gasteiger partial charge on any atom is 0.275 e. The lowest BCUT2D eigenvalue weighted by atomic mass is 10.1. The van der Waals surface area contributed by atoms with E-state index in [-0.39, 0.29) is 17.4 Å². The number of amides is 1. The molecular formula is C21H21FN4O. The molecule has 0 spiro atoms. The zero-order chi connectivity index (χ0) is 19.2. The summed E-state index contributed by atoms with van der Waals surface area (Å²) in [4.78, 5) is 20.8. The van der Waals surface area contributed by atoms with Gasteiger partial charge < -0.3 is 10.6 Å². The van der Waals surface area contributed by atoms with Crippen molar-refractivity contribution in [1.29, 1.82) is 0 Å². The van der Waals surface area contributed by atoms with Gasteiger partial charge in [-0.3, -0.25) is 4.79 Å². The summed E-state index contributed by atoms with van der Waals surface area (Å²) < 4.78 is 13.6. The van der Waals surface area contributed by atoms with Gasteiger partial charge in [0.05, 0.1) is 12.4 Å². The molecule has 0 unspecified atom stereocenters. The van der Waals surface area contributed by atoms with Gasteiger partial charge in [-0.05, 0) is 43.0 Å². The third-order valence-electron chi connectivity index (χ3n) is 4.26. The van der Waals surface area contributed by atoms with Crippen LogP contribution in [0.2, 0.25) is 0 Å². The molecule has 0 bridgehead atoms. The summed E-state index contributed by atoms with van der Waals surface area (Å²) in [6.07, 6.45) is 3.46. The zero-order valence-electron chi connectivity index (χ0n) is 15.3. The van der Waals surface area contributed by atoms with E-state index in [0.29, 0.717) is 24.3 Å². The molecule has 138 valence electrons. The lowest BCUT2D eigenvalue weighted by Crippen LogP contribution is -2.16. The first-order chi connectivity index (χ1) is 13.0. The molecule has 1 amide bonds. The number of anilines is 2. The minimum atomic E-state index is -0.308. The molecule has 0 aliphatic rings. The first kappa shape index (κ1) is 18.5. The maximum absolute atomic E-state index is 13.6. The Morgan fingerprint density at radius 3 is 2.41 bits per heavy atom. The molecule has 3 aromatic rings. The highest BCUT2D eigenvalue weighted by Crippen LogP contribution is 2.20. The summed E-state index contributed by atoms with van der Waals surface area (Å²) in [6, 6.07) is 12.5. The highest BCUT2D eigenvalue weighted by molar-refractivity contribution is 6.03. The molecule has 0 aliphatic carbocycles. The van der Waals surface area contributed by atoms with Crippen LogP contribution in [0.25, 0.3) is 0 Å². The molecule has 1 aromatic heterocycles. The summed E-state index contributed by atoms with van der Waals surface area (Å²) >= 11 is 0. The van der Waals surface area contributed by atoms with Gasteiger partial charge in [-0.15, -0.1) is 0 Å². The van der Waals surface area contributed by atoms with E-state index in [1.807, 2.05) is 38.1 Å². The number of carbonyl (C=O) groups is 1. The molecular weight excluding hydrogens is 343 g/mol. The fraction of sp³-hybridized carbons (Fsp3) is 0.190. The van der Waals surface area contributed by atoms with Gasteiger partial charge in [-0.1, -0.05) is 36.4 Å². The number of para-hydroxylation sites is 1. The van der Waals surface area contributed by atoms with Crippen molar-refractivity contribution in [2.24, 2.45) is 0 Å². The Morgan fingerprint density at radius 2 is 1.74 bits per heavy atom. The van der Waals surface area contributed by atoms with Crippen LogP contribution in [-0.2, 0) is 6.42 Å². The molecule has 5 nitrogen and oxygen atoms in total. The van der Waals surface area contributed by atoms with E-state index in [1.165, 1.54) is 18.5 Å². The van der Waals surface area contributed by atoms with Crippen molar-refractivity contribution in [3.8, 4) is 0 Å². The van der Waals surface area contributed by atoms with E-state index >= 15 is 0 Å². The normalized spacial score (nSPS) is 10.5. The first-order valence-corrected chi connectivity index (χ1v) is 8.71. The van der Waals surface area contributed by atoms with Crippen molar-refractivity contribution in [1.82, 2.24) is 9.97 Å². The number of aromatic nitrogens is 2. The van der Waals surface area contributed by atoms with Crippen molar-refractivity contribution in [3.05, 3.63) is 83.1 Å². The second kappa shape index (κ2) is 8.40. The Balaban J connectivity index is 1.58. The highest BCUT2D eigenvalue weighted by atomic mass is 19.1. The Hall–Kier alpha value is -3.28. The van der Waals surface area contributed by atoms with Crippen LogP contribution in [0.3, 0.4) is 0 Å². The molecule has 0 fully saturated rings. The van der Waals surface area contributed by atoms with Crippen LogP contribution in [-0.4, -0.2) is 22.4 Å². The second-order valence-electron chi connectivity index (χ2n) is 6.28. The van der Waals surface area contributed by atoms with Crippen LogP contribution < -0.4 is 10.6 Å². The number of aryl methyl sites for hydroxylation is 2. The van der Waals surface area contributed by atoms with Gasteiger partial charge in [-0.2, -0.15) is 0 Å². The highest BCUT2D eigenvalue weighted by Gasteiger charge is 2.11. The molecule has 0 saturated heterocycles. The van der Waals surface area contributed by atoms with Crippen LogP contribution in [0.15, 0.2) is 54.9 Å². The molecule has 0 radical (unpaired) electrons. The van der Waals surface area contributed by atoms with Crippen molar-refractivity contribution < 1.29 is 9.18 Å². The Kier molecular flexibility index (Phi) is 5.76. The summed E-state index contributed by atoms with van der Waals surface area (Å²) in [5.41, 5.74) is 3.64. The zero-order valence-corrected chi connectivity index (χ0v) is 15.3. The van der Waals surface area contributed by atoms with Gasteiger partial charge in [0, 0.05) is 12.2 Å². The number of halogens is 1. The Bertz CT molecular complexity index is 921. The van der Waals surface area contributed by atoms with E-state index in [0.717, 1.165) is 16.8 Å². The average Bonchev–Trinajstić information content (AvgIpc) is 2.67. The largest absolute Gasteiger partial charge is 0.368 e. The van der Waals surface area contributed by atoms with Crippen molar-refractivity contribution in [2.45, 2.75) is 20.3 Å². The third-order valence-corrected chi connectivity index (χ3v) is 4.26. The summed E-state index contributed by atoms with van der Waals surface area (Å²) in [7, 11) is 0. The van der Waals surface area contributed by atoms with E-state index in [1.54, 1.807) is 12.1 Å². The third kappa shape index (κ3) is 4.67. The Labute approximate surface area is 157 Å². The van der Waals surface area contributed by atoms with E-state index in [2.05, 4.69) is 20.6 Å². The number of nitrogens with one attached hydrogen (secondary N) is 2. The fourth-order valence-electron chi connectivity index (χ4n) is 2.75. The number of carbonyl (C=O) groups excluding carboxylic acids is 1. The lowest BCUT2D eigenvalue weighted by Gasteiger charge is -2.11. The lowest BCUT2D eigenvalue weighted by molar-refractivity contribution is 0.102. The quantitative estimate of drug-likeness (QED) is 0.690. The van der Waals surface area contributed by atoms with Crippen LogP contribution in [0, 0.1) is 19.7 Å². The van der Waals surface area contributed by atoms with E-state index in [4.69, 9.17) is 0 Å². The fourth-order valence-corrected chi connectivity index (χ4v) is 2.75. The van der Waals surface area contributed by atoms with E-state index in [9.17, 15) is 9.18 Å². The minimum absolute atomic E-state index is 0.219. The molecule has 6 heteroatoms. The maximum atomic E-state index is 13.6. The predicted molar refractivity (Wildman–Crippen MR) is 104 cm³/mol. The minimum Gasteiger partial charge on any atom is -0.368 e. The standard InChI is InChI=1S/C21H21FN4O/c1-14-6-5-7-15(2)20(14)26-21(27)18-12-25-19(13-24-18)23-11-10-16-8-3-4-9-17(16)22/h3-9,12-13H,10-11H2,1-2H3,(H,23,25)(H,26,27). The van der Waals surface area contributed by atoms with Crippen molar-refractivity contribution in [3.63, 3.8) is 0 Å². The van der Waals surface area contributed by atoms with Crippen LogP contribution in [0.4, 0.5) is 15.9 Å². The van der Waals surface area contributed by atoms with Crippen LogP contribution in [0.5, 0.6) is 0 Å². The molecule has 27 heavy (non-hydrogen) atoms. The SMILES string of the molecule is Cc1cccc(C)c1NC(=O)c1cnc(NCCc2ccccc2F)cn1. The summed E-state index contributed by atoms with van der Waals surface area (Å²) in [6.45, 7) is 4.40. The molecule has 3 rings (SSSR count). The van der Waals surface area contributed by atoms with Gasteiger partial charge in [0.2, 0.25) is 0 Å². The Morgan fingerprint density at radius 1 is 1.00 bits per heavy atom. The molecule has 0 aliphatic heterocycles. The molecule has 0 saturated carbocycles. The number of benzene rings is 2. The topological polar surface area (TPSA) is 66.9 Å². The average molecular weight is 364 g/mol. The number of nitrogens with zero attached hydrogens (tertiary/aromatic N) is 2. The first-order valence-electron chi connectivity index (χ1n) is 8.71.